The van der Waals surface area contributed by atoms with Crippen LogP contribution in [0.2, 0.25) is 0 Å². The Morgan fingerprint density at radius 2 is 2.04 bits per heavy atom. The number of carbonyl (C=O) groups excluding carboxylic acids is 1. The van der Waals surface area contributed by atoms with Gasteiger partial charge in [-0.15, -0.1) is 5.10 Å². The average Bonchev–Trinajstić information content (AvgIpc) is 3.15. The van der Waals surface area contributed by atoms with Gasteiger partial charge in [0.15, 0.2) is 0 Å². The molecule has 2 aliphatic rings. The summed E-state index contributed by atoms with van der Waals surface area (Å²) in [4.78, 5) is 16.9. The highest BCUT2D eigenvalue weighted by Crippen LogP contribution is 2.24. The maximum absolute atomic E-state index is 12.6. The molecule has 9 nitrogen and oxygen atoms in total. The van der Waals surface area contributed by atoms with Gasteiger partial charge in [-0.2, -0.15) is 0 Å². The third-order valence-electron chi connectivity index (χ3n) is 5.02. The molecule has 1 aromatic heterocycles. The number of piperidine rings is 1. The third-order valence-corrected chi connectivity index (χ3v) is 5.02. The molecule has 25 heavy (non-hydrogen) atoms. The van der Waals surface area contributed by atoms with E-state index in [9.17, 15) is 9.90 Å². The number of rotatable bonds is 7. The first kappa shape index (κ1) is 18.2. The van der Waals surface area contributed by atoms with E-state index in [2.05, 4.69) is 20.4 Å². The number of hydrogen-bond acceptors (Lipinski definition) is 7. The van der Waals surface area contributed by atoms with Crippen LogP contribution in [0.25, 0.3) is 0 Å². The molecule has 0 saturated carbocycles. The molecule has 1 aromatic rings. The zero-order chi connectivity index (χ0) is 17.5. The van der Waals surface area contributed by atoms with Crippen LogP contribution in [-0.4, -0.2) is 93.6 Å². The largest absolute Gasteiger partial charge is 0.396 e. The van der Waals surface area contributed by atoms with E-state index in [4.69, 9.17) is 4.74 Å². The highest BCUT2D eigenvalue weighted by atomic mass is 16.5. The van der Waals surface area contributed by atoms with E-state index in [0.717, 1.165) is 52.2 Å². The molecule has 2 aliphatic heterocycles. The van der Waals surface area contributed by atoms with Gasteiger partial charge in [0.1, 0.15) is 6.33 Å². The molecular formula is C16H28N6O3. The fourth-order valence-electron chi connectivity index (χ4n) is 3.77. The molecular weight excluding hydrogens is 324 g/mol. The van der Waals surface area contributed by atoms with Crippen molar-refractivity contribution in [3.05, 3.63) is 6.33 Å². The molecule has 3 heterocycles. The van der Waals surface area contributed by atoms with Crippen molar-refractivity contribution in [1.29, 1.82) is 0 Å². The Hall–Kier alpha value is -1.58. The fourth-order valence-corrected chi connectivity index (χ4v) is 3.77. The Bertz CT molecular complexity index is 520. The summed E-state index contributed by atoms with van der Waals surface area (Å²) in [6.45, 7) is 6.72. The van der Waals surface area contributed by atoms with Crippen LogP contribution in [0, 0.1) is 11.8 Å². The summed E-state index contributed by atoms with van der Waals surface area (Å²) in [5, 5.41) is 20.6. The molecule has 0 radical (unpaired) electrons. The first-order valence-corrected chi connectivity index (χ1v) is 9.14. The van der Waals surface area contributed by atoms with Gasteiger partial charge in [-0.3, -0.25) is 9.69 Å². The molecule has 0 unspecified atom stereocenters. The van der Waals surface area contributed by atoms with E-state index in [1.807, 2.05) is 4.90 Å². The summed E-state index contributed by atoms with van der Waals surface area (Å²) in [7, 11) is 0. The summed E-state index contributed by atoms with van der Waals surface area (Å²) in [5.41, 5.74) is 0. The molecule has 1 N–H and O–H groups in total. The smallest absolute Gasteiger partial charge is 0.222 e. The zero-order valence-corrected chi connectivity index (χ0v) is 14.7. The van der Waals surface area contributed by atoms with Gasteiger partial charge in [0.2, 0.25) is 5.91 Å². The van der Waals surface area contributed by atoms with Gasteiger partial charge in [-0.25, -0.2) is 4.68 Å². The predicted octanol–water partition coefficient (Wildman–Crippen LogP) is -0.757. The van der Waals surface area contributed by atoms with Crippen LogP contribution >= 0.6 is 0 Å². The van der Waals surface area contributed by atoms with E-state index in [1.165, 1.54) is 0 Å². The maximum Gasteiger partial charge on any atom is 0.222 e. The van der Waals surface area contributed by atoms with Crippen molar-refractivity contribution in [2.45, 2.75) is 25.8 Å². The summed E-state index contributed by atoms with van der Waals surface area (Å²) >= 11 is 0. The first-order valence-electron chi connectivity index (χ1n) is 9.14. The number of ether oxygens (including phenoxy) is 1. The topological polar surface area (TPSA) is 96.6 Å². The molecule has 2 fully saturated rings. The minimum atomic E-state index is 0.147. The van der Waals surface area contributed by atoms with E-state index in [1.54, 1.807) is 11.0 Å². The van der Waals surface area contributed by atoms with Crippen molar-refractivity contribution in [3.8, 4) is 0 Å². The van der Waals surface area contributed by atoms with Gasteiger partial charge >= 0.3 is 0 Å². The van der Waals surface area contributed by atoms with E-state index < -0.39 is 0 Å². The van der Waals surface area contributed by atoms with E-state index in [0.29, 0.717) is 25.4 Å². The second-order valence-corrected chi connectivity index (χ2v) is 7.04. The van der Waals surface area contributed by atoms with Crippen LogP contribution in [0.3, 0.4) is 0 Å². The number of morpholine rings is 1. The number of aliphatic hydroxyl groups excluding tert-OH is 1. The number of aryl methyl sites for hydroxylation is 1. The fraction of sp³-hybridized carbons (Fsp3) is 0.875. The van der Waals surface area contributed by atoms with Gasteiger partial charge in [0, 0.05) is 52.3 Å². The highest BCUT2D eigenvalue weighted by Gasteiger charge is 2.30. The Morgan fingerprint density at radius 3 is 2.76 bits per heavy atom. The number of likely N-dealkylation sites (tertiary alicyclic amines) is 1. The minimum Gasteiger partial charge on any atom is -0.396 e. The molecule has 3 rings (SSSR count). The lowest BCUT2D eigenvalue weighted by Crippen LogP contribution is -2.49. The number of hydrogen-bond donors (Lipinski definition) is 1. The quantitative estimate of drug-likeness (QED) is 0.689. The summed E-state index contributed by atoms with van der Waals surface area (Å²) in [6.07, 6.45) is 3.76. The number of tetrazole rings is 1. The first-order chi connectivity index (χ1) is 12.2. The zero-order valence-electron chi connectivity index (χ0n) is 14.7. The van der Waals surface area contributed by atoms with E-state index >= 15 is 0 Å². The van der Waals surface area contributed by atoms with E-state index in [-0.39, 0.29) is 18.4 Å². The van der Waals surface area contributed by atoms with Gasteiger partial charge in [0.05, 0.1) is 13.2 Å². The minimum absolute atomic E-state index is 0.147. The van der Waals surface area contributed by atoms with Crippen LogP contribution in [0.15, 0.2) is 6.33 Å². The lowest BCUT2D eigenvalue weighted by atomic mass is 9.89. The molecule has 2 saturated heterocycles. The van der Waals surface area contributed by atoms with Crippen molar-refractivity contribution in [2.24, 2.45) is 11.8 Å². The molecule has 0 bridgehead atoms. The third kappa shape index (κ3) is 5.45. The number of amides is 1. The van der Waals surface area contributed by atoms with Crippen molar-refractivity contribution in [1.82, 2.24) is 30.0 Å². The van der Waals surface area contributed by atoms with Crippen LogP contribution < -0.4 is 0 Å². The SMILES string of the molecule is O=C(CCCn1cnnn1)N1C[C@H](CO)C[C@H](CN2CCOCC2)C1. The Morgan fingerprint density at radius 1 is 1.24 bits per heavy atom. The Kier molecular flexibility index (Phi) is 6.71. The highest BCUT2D eigenvalue weighted by molar-refractivity contribution is 5.76. The summed E-state index contributed by atoms with van der Waals surface area (Å²) in [5.74, 6) is 0.772. The number of nitrogens with zero attached hydrogens (tertiary/aromatic N) is 6. The second-order valence-electron chi connectivity index (χ2n) is 7.04. The molecule has 1 amide bonds. The van der Waals surface area contributed by atoms with Crippen molar-refractivity contribution in [3.63, 3.8) is 0 Å². The summed E-state index contributed by atoms with van der Waals surface area (Å²) in [6, 6.07) is 0. The van der Waals surface area contributed by atoms with Gasteiger partial charge < -0.3 is 14.7 Å². The van der Waals surface area contributed by atoms with Crippen molar-refractivity contribution in [2.75, 3.05) is 52.5 Å². The van der Waals surface area contributed by atoms with Gasteiger partial charge in [-0.1, -0.05) is 0 Å². The van der Waals surface area contributed by atoms with Crippen LogP contribution in [0.1, 0.15) is 19.3 Å². The number of aromatic nitrogens is 4. The van der Waals surface area contributed by atoms with Gasteiger partial charge in [-0.05, 0) is 35.1 Å². The average molecular weight is 352 g/mol. The molecule has 9 heteroatoms. The predicted molar refractivity (Wildman–Crippen MR) is 89.6 cm³/mol. The van der Waals surface area contributed by atoms with Crippen LogP contribution in [-0.2, 0) is 16.1 Å². The standard InChI is InChI=1S/C16H28N6O3/c23-12-15-8-14(9-20-4-6-25-7-5-20)10-21(11-15)16(24)2-1-3-22-13-17-18-19-22/h13-15,23H,1-12H2/t14-,15-/m1/s1. The number of carbonyl (C=O) groups is 1. The Labute approximate surface area is 147 Å². The maximum atomic E-state index is 12.6. The monoisotopic (exact) mass is 352 g/mol. The molecule has 0 aliphatic carbocycles. The van der Waals surface area contributed by atoms with Crippen LogP contribution in [0.5, 0.6) is 0 Å². The lowest BCUT2D eigenvalue weighted by Gasteiger charge is -2.40. The van der Waals surface area contributed by atoms with Crippen LogP contribution in [0.4, 0.5) is 0 Å². The number of aliphatic hydroxyl groups is 1. The molecule has 0 aromatic carbocycles. The molecule has 2 atom stereocenters. The Balaban J connectivity index is 1.47. The normalized spacial score (nSPS) is 25.2. The van der Waals surface area contributed by atoms with Gasteiger partial charge in [0.25, 0.3) is 0 Å². The van der Waals surface area contributed by atoms with Crippen molar-refractivity contribution < 1.29 is 14.6 Å². The lowest BCUT2D eigenvalue weighted by molar-refractivity contribution is -0.135. The second kappa shape index (κ2) is 9.21. The van der Waals surface area contributed by atoms with Crippen molar-refractivity contribution >= 4 is 5.91 Å². The summed E-state index contributed by atoms with van der Waals surface area (Å²) < 4.78 is 7.04. The molecule has 140 valence electrons. The molecule has 0 spiro atoms.